The Hall–Kier alpha value is -0.690. The molecule has 104 valence electrons. The Labute approximate surface area is 106 Å². The maximum Gasteiger partial charge on any atom is 0.338 e. The second-order valence-corrected chi connectivity index (χ2v) is 5.37. The molecule has 18 heavy (non-hydrogen) atoms. The van der Waals surface area contributed by atoms with E-state index >= 15 is 0 Å². The fourth-order valence-corrected chi connectivity index (χ4v) is 2.66. The molecule has 0 aromatic rings. The molecule has 1 saturated heterocycles. The van der Waals surface area contributed by atoms with Crippen molar-refractivity contribution in [3.8, 4) is 0 Å². The first-order chi connectivity index (χ1) is 8.27. The number of hydrogen-bond acceptors (Lipinski definition) is 6. The van der Waals surface area contributed by atoms with Crippen molar-refractivity contribution in [2.75, 3.05) is 6.61 Å². The van der Waals surface area contributed by atoms with Crippen molar-refractivity contribution in [1.82, 2.24) is 0 Å². The molecule has 1 aliphatic carbocycles. The van der Waals surface area contributed by atoms with E-state index in [1.807, 2.05) is 0 Å². The summed E-state index contributed by atoms with van der Waals surface area (Å²) in [7, 11) is 0. The van der Waals surface area contributed by atoms with Crippen molar-refractivity contribution in [2.45, 2.75) is 63.3 Å². The number of carbonyl (C=O) groups is 1. The number of aliphatic hydroxyl groups is 2. The van der Waals surface area contributed by atoms with E-state index in [1.54, 1.807) is 20.8 Å². The highest BCUT2D eigenvalue weighted by molar-refractivity contribution is 5.79. The van der Waals surface area contributed by atoms with Gasteiger partial charge in [-0.05, 0) is 20.8 Å². The van der Waals surface area contributed by atoms with E-state index < -0.39 is 35.7 Å². The average Bonchev–Trinajstić information content (AvgIpc) is 2.53. The van der Waals surface area contributed by atoms with Crippen LogP contribution in [0.2, 0.25) is 0 Å². The van der Waals surface area contributed by atoms with Crippen LogP contribution in [0.3, 0.4) is 0 Å². The summed E-state index contributed by atoms with van der Waals surface area (Å²) in [5.41, 5.74) is -1.69. The number of aliphatic hydroxyl groups excluding tert-OH is 1. The third-order valence-corrected chi connectivity index (χ3v) is 3.34. The monoisotopic (exact) mass is 260 g/mol. The van der Waals surface area contributed by atoms with Gasteiger partial charge in [0.15, 0.2) is 11.4 Å². The highest BCUT2D eigenvalue weighted by Gasteiger charge is 2.56. The Balaban J connectivity index is 2.14. The van der Waals surface area contributed by atoms with Crippen LogP contribution in [0, 0.1) is 0 Å². The zero-order valence-electron chi connectivity index (χ0n) is 10.9. The molecule has 2 aliphatic rings. The van der Waals surface area contributed by atoms with E-state index in [2.05, 4.69) is 0 Å². The van der Waals surface area contributed by atoms with E-state index in [0.29, 0.717) is 0 Å². The molecule has 6 heteroatoms. The molecule has 1 heterocycles. The standard InChI is InChI=1S/C12H20O6/c1-4-16-10(14)12(15)5-7(13)9-8(6-12)17-11(2,3)18-9/h7-9,13,15H,4-6H2,1-3H3/t7-,8?,9?,12-/m1/s1. The summed E-state index contributed by atoms with van der Waals surface area (Å²) >= 11 is 0. The summed E-state index contributed by atoms with van der Waals surface area (Å²) in [4.78, 5) is 11.7. The van der Waals surface area contributed by atoms with Crippen LogP contribution in [0.15, 0.2) is 0 Å². The first-order valence-corrected chi connectivity index (χ1v) is 6.21. The summed E-state index contributed by atoms with van der Waals surface area (Å²) in [6, 6.07) is 0. The van der Waals surface area contributed by atoms with Crippen LogP contribution in [0.4, 0.5) is 0 Å². The van der Waals surface area contributed by atoms with Crippen molar-refractivity contribution in [1.29, 1.82) is 0 Å². The van der Waals surface area contributed by atoms with Gasteiger partial charge in [0.2, 0.25) is 0 Å². The highest BCUT2D eigenvalue weighted by Crippen LogP contribution is 2.41. The maximum atomic E-state index is 11.7. The first-order valence-electron chi connectivity index (χ1n) is 6.21. The Morgan fingerprint density at radius 1 is 1.39 bits per heavy atom. The Morgan fingerprint density at radius 3 is 2.67 bits per heavy atom. The van der Waals surface area contributed by atoms with Crippen LogP contribution in [-0.2, 0) is 19.0 Å². The van der Waals surface area contributed by atoms with Crippen LogP contribution in [0.25, 0.3) is 0 Å². The number of esters is 1. The van der Waals surface area contributed by atoms with Gasteiger partial charge in [-0.1, -0.05) is 0 Å². The minimum atomic E-state index is -1.69. The van der Waals surface area contributed by atoms with Crippen LogP contribution < -0.4 is 0 Å². The minimum Gasteiger partial charge on any atom is -0.464 e. The molecule has 0 spiro atoms. The molecule has 0 aromatic heterocycles. The second-order valence-electron chi connectivity index (χ2n) is 5.37. The molecule has 4 atom stereocenters. The lowest BCUT2D eigenvalue weighted by Crippen LogP contribution is -2.55. The Morgan fingerprint density at radius 2 is 2.06 bits per heavy atom. The molecule has 2 N–H and O–H groups in total. The molecular formula is C12H20O6. The first kappa shape index (κ1) is 13.7. The van der Waals surface area contributed by atoms with Crippen LogP contribution in [0.1, 0.15) is 33.6 Å². The molecule has 1 aliphatic heterocycles. The molecule has 2 unspecified atom stereocenters. The van der Waals surface area contributed by atoms with E-state index in [0.717, 1.165) is 0 Å². The van der Waals surface area contributed by atoms with E-state index in [4.69, 9.17) is 14.2 Å². The lowest BCUT2D eigenvalue weighted by molar-refractivity contribution is -0.181. The van der Waals surface area contributed by atoms with Crippen LogP contribution >= 0.6 is 0 Å². The van der Waals surface area contributed by atoms with Crippen molar-refractivity contribution in [3.63, 3.8) is 0 Å². The summed E-state index contributed by atoms with van der Waals surface area (Å²) in [5.74, 6) is -1.52. The fourth-order valence-electron chi connectivity index (χ4n) is 2.66. The number of hydrogen-bond donors (Lipinski definition) is 2. The molecule has 0 radical (unpaired) electrons. The van der Waals surface area contributed by atoms with E-state index in [-0.39, 0.29) is 19.4 Å². The second kappa shape index (κ2) is 4.45. The highest BCUT2D eigenvalue weighted by atomic mass is 16.8. The third-order valence-electron chi connectivity index (χ3n) is 3.34. The van der Waals surface area contributed by atoms with Crippen LogP contribution in [0.5, 0.6) is 0 Å². The molecule has 2 rings (SSSR count). The van der Waals surface area contributed by atoms with Gasteiger partial charge in [0.05, 0.1) is 18.8 Å². The summed E-state index contributed by atoms with van der Waals surface area (Å²) in [6.07, 6.45) is -1.96. The molecule has 1 saturated carbocycles. The van der Waals surface area contributed by atoms with Gasteiger partial charge in [0, 0.05) is 12.8 Å². The van der Waals surface area contributed by atoms with Gasteiger partial charge >= 0.3 is 5.97 Å². The average molecular weight is 260 g/mol. The normalized spacial score (nSPS) is 42.4. The Kier molecular flexibility index (Phi) is 3.40. The number of fused-ring (bicyclic) bond motifs is 1. The predicted octanol–water partition coefficient (Wildman–Crippen LogP) is -0.0446. The van der Waals surface area contributed by atoms with Gasteiger partial charge in [0.25, 0.3) is 0 Å². The number of ether oxygens (including phenoxy) is 3. The van der Waals surface area contributed by atoms with E-state index in [9.17, 15) is 15.0 Å². The zero-order chi connectivity index (χ0) is 13.6. The topological polar surface area (TPSA) is 85.2 Å². The zero-order valence-corrected chi connectivity index (χ0v) is 10.9. The quantitative estimate of drug-likeness (QED) is 0.677. The largest absolute Gasteiger partial charge is 0.464 e. The molecule has 0 aromatic carbocycles. The van der Waals surface area contributed by atoms with Gasteiger partial charge in [-0.3, -0.25) is 0 Å². The smallest absolute Gasteiger partial charge is 0.338 e. The maximum absolute atomic E-state index is 11.7. The summed E-state index contributed by atoms with van der Waals surface area (Å²) in [5, 5.41) is 20.3. The molecule has 0 amide bonds. The van der Waals surface area contributed by atoms with E-state index in [1.165, 1.54) is 0 Å². The summed E-state index contributed by atoms with van der Waals surface area (Å²) < 4.78 is 16.0. The number of carbonyl (C=O) groups excluding carboxylic acids is 1. The third kappa shape index (κ3) is 2.38. The molecule has 2 fully saturated rings. The van der Waals surface area contributed by atoms with Gasteiger partial charge in [0.1, 0.15) is 6.10 Å². The van der Waals surface area contributed by atoms with Crippen LogP contribution in [-0.4, -0.2) is 52.5 Å². The molecule has 0 bridgehead atoms. The van der Waals surface area contributed by atoms with Gasteiger partial charge < -0.3 is 24.4 Å². The number of rotatable bonds is 2. The van der Waals surface area contributed by atoms with Crippen molar-refractivity contribution in [2.24, 2.45) is 0 Å². The van der Waals surface area contributed by atoms with Crippen molar-refractivity contribution < 1.29 is 29.2 Å². The van der Waals surface area contributed by atoms with Gasteiger partial charge in [-0.15, -0.1) is 0 Å². The lowest BCUT2D eigenvalue weighted by atomic mass is 9.80. The summed E-state index contributed by atoms with van der Waals surface area (Å²) in [6.45, 7) is 5.33. The SMILES string of the molecule is CCOC(=O)[C@]1(O)CC2OC(C)(C)OC2[C@H](O)C1. The Bertz CT molecular complexity index is 341. The van der Waals surface area contributed by atoms with Crippen molar-refractivity contribution in [3.05, 3.63) is 0 Å². The van der Waals surface area contributed by atoms with Gasteiger partial charge in [-0.2, -0.15) is 0 Å². The van der Waals surface area contributed by atoms with Gasteiger partial charge in [-0.25, -0.2) is 4.79 Å². The minimum absolute atomic E-state index is 0.0803. The predicted molar refractivity (Wildman–Crippen MR) is 60.6 cm³/mol. The van der Waals surface area contributed by atoms with Crippen molar-refractivity contribution >= 4 is 5.97 Å². The fraction of sp³-hybridized carbons (Fsp3) is 0.917. The molecule has 6 nitrogen and oxygen atoms in total. The molecular weight excluding hydrogens is 240 g/mol. The lowest BCUT2D eigenvalue weighted by Gasteiger charge is -2.37.